The van der Waals surface area contributed by atoms with Gasteiger partial charge in [0.2, 0.25) is 11.8 Å². The smallest absolute Gasteiger partial charge is 0.226 e. The normalized spacial score (nSPS) is 14.8. The maximum Gasteiger partial charge on any atom is 0.226 e. The molecule has 1 aromatic carbocycles. The number of nitrogen functional groups attached to an aromatic ring is 1. The molecule has 1 fully saturated rings. The van der Waals surface area contributed by atoms with Crippen molar-refractivity contribution < 1.29 is 8.91 Å². The summed E-state index contributed by atoms with van der Waals surface area (Å²) < 4.78 is 23.3. The van der Waals surface area contributed by atoms with E-state index in [1.165, 1.54) is 10.6 Å². The lowest BCUT2D eigenvalue weighted by Gasteiger charge is -2.36. The molecule has 12 heteroatoms. The number of nitrogens with two attached hydrogens (primary N) is 1. The lowest BCUT2D eigenvalue weighted by atomic mass is 10.1. The summed E-state index contributed by atoms with van der Waals surface area (Å²) in [5.41, 5.74) is 9.79. The number of anilines is 2. The van der Waals surface area contributed by atoms with Crippen LogP contribution in [0.4, 0.5) is 16.0 Å². The zero-order valence-corrected chi connectivity index (χ0v) is 19.4. The quantitative estimate of drug-likeness (QED) is 0.389. The summed E-state index contributed by atoms with van der Waals surface area (Å²) in [6.07, 6.45) is 1.75. The maximum absolute atomic E-state index is 14.7. The molecular formula is C23H23FN10O. The van der Waals surface area contributed by atoms with E-state index in [1.807, 2.05) is 17.6 Å². The standard InChI is InChI=1S/C23H23FN10O/c1-3-4-19-27-22-20-21(28-23(25)34(22)29-19)33(13-26-20)10-7-31-5-8-32(9-6-31)17-11-15-14(2)30-35-18(15)12-16(17)24/h11-13H,5-10H2,1-2H3,(H2,25,28). The summed E-state index contributed by atoms with van der Waals surface area (Å²) >= 11 is 0. The molecule has 6 rings (SSSR count). The predicted octanol–water partition coefficient (Wildman–Crippen LogP) is 1.84. The second-order valence-electron chi connectivity index (χ2n) is 8.52. The van der Waals surface area contributed by atoms with Gasteiger partial charge >= 0.3 is 0 Å². The molecule has 0 atom stereocenters. The SMILES string of the molecule is CC#Cc1nc2c3ncn(CCN4CCN(c5cc6c(C)noc6cc5F)CC4)c3nc(N)n2n1. The minimum atomic E-state index is -0.288. The van der Waals surface area contributed by atoms with Crippen molar-refractivity contribution in [3.63, 3.8) is 0 Å². The molecule has 11 nitrogen and oxygen atoms in total. The average Bonchev–Trinajstić information content (AvgIpc) is 3.55. The molecule has 1 aliphatic heterocycles. The minimum Gasteiger partial charge on any atom is -0.368 e. The molecule has 0 spiro atoms. The topological polar surface area (TPSA) is 119 Å². The van der Waals surface area contributed by atoms with Crippen LogP contribution < -0.4 is 10.6 Å². The van der Waals surface area contributed by atoms with E-state index in [-0.39, 0.29) is 11.8 Å². The van der Waals surface area contributed by atoms with Crippen LogP contribution in [0.3, 0.4) is 0 Å². The van der Waals surface area contributed by atoms with E-state index in [4.69, 9.17) is 10.3 Å². The van der Waals surface area contributed by atoms with Crippen molar-refractivity contribution in [1.29, 1.82) is 0 Å². The van der Waals surface area contributed by atoms with Gasteiger partial charge in [-0.25, -0.2) is 9.37 Å². The number of nitrogens with zero attached hydrogens (tertiary/aromatic N) is 9. The van der Waals surface area contributed by atoms with E-state index in [2.05, 4.69) is 46.8 Å². The number of fused-ring (bicyclic) bond motifs is 4. The Labute approximate surface area is 199 Å². The third-order valence-corrected chi connectivity index (χ3v) is 6.39. The van der Waals surface area contributed by atoms with Crippen molar-refractivity contribution in [2.45, 2.75) is 20.4 Å². The van der Waals surface area contributed by atoms with Gasteiger partial charge in [-0.05, 0) is 25.8 Å². The van der Waals surface area contributed by atoms with Gasteiger partial charge in [-0.3, -0.25) is 4.90 Å². The first-order valence-electron chi connectivity index (χ1n) is 11.3. The number of halogens is 1. The fraction of sp³-hybridized carbons (Fsp3) is 0.348. The number of imidazole rings is 1. The van der Waals surface area contributed by atoms with E-state index in [1.54, 1.807) is 13.3 Å². The molecule has 0 aliphatic carbocycles. The van der Waals surface area contributed by atoms with Gasteiger partial charge < -0.3 is 19.7 Å². The summed E-state index contributed by atoms with van der Waals surface area (Å²) in [6.45, 7) is 8.16. The number of aryl methyl sites for hydroxylation is 1. The zero-order chi connectivity index (χ0) is 24.1. The van der Waals surface area contributed by atoms with Crippen LogP contribution >= 0.6 is 0 Å². The van der Waals surface area contributed by atoms with Gasteiger partial charge in [0, 0.05) is 50.7 Å². The highest BCUT2D eigenvalue weighted by molar-refractivity contribution is 5.86. The van der Waals surface area contributed by atoms with Crippen LogP contribution in [-0.2, 0) is 6.54 Å². The number of hydrogen-bond acceptors (Lipinski definition) is 9. The van der Waals surface area contributed by atoms with Crippen molar-refractivity contribution in [1.82, 2.24) is 39.2 Å². The first kappa shape index (κ1) is 21.3. The van der Waals surface area contributed by atoms with Crippen LogP contribution in [0.2, 0.25) is 0 Å². The molecule has 0 unspecified atom stereocenters. The predicted molar refractivity (Wildman–Crippen MR) is 128 cm³/mol. The number of rotatable bonds is 4. The Hall–Kier alpha value is -4.24. The number of hydrogen-bond donors (Lipinski definition) is 1. The Morgan fingerprint density at radius 3 is 2.74 bits per heavy atom. The monoisotopic (exact) mass is 474 g/mol. The van der Waals surface area contributed by atoms with Crippen molar-refractivity contribution >= 4 is 39.4 Å². The Kier molecular flexibility index (Phi) is 5.00. The highest BCUT2D eigenvalue weighted by Crippen LogP contribution is 2.28. The molecule has 178 valence electrons. The lowest BCUT2D eigenvalue weighted by Crippen LogP contribution is -2.47. The van der Waals surface area contributed by atoms with Crippen molar-refractivity contribution in [3.8, 4) is 11.8 Å². The lowest BCUT2D eigenvalue weighted by molar-refractivity contribution is 0.248. The molecule has 0 bridgehead atoms. The van der Waals surface area contributed by atoms with E-state index >= 15 is 0 Å². The first-order chi connectivity index (χ1) is 17.0. The molecule has 2 N–H and O–H groups in total. The van der Waals surface area contributed by atoms with Crippen LogP contribution in [0.15, 0.2) is 23.0 Å². The number of piperazine rings is 1. The number of benzene rings is 1. The van der Waals surface area contributed by atoms with Gasteiger partial charge in [-0.2, -0.15) is 14.5 Å². The summed E-state index contributed by atoms with van der Waals surface area (Å²) in [4.78, 5) is 17.9. The average molecular weight is 475 g/mol. The fourth-order valence-electron chi connectivity index (χ4n) is 4.53. The fourth-order valence-corrected chi connectivity index (χ4v) is 4.53. The molecule has 4 aromatic heterocycles. The molecule has 1 aliphatic rings. The molecular weight excluding hydrogens is 451 g/mol. The van der Waals surface area contributed by atoms with Gasteiger partial charge in [0.1, 0.15) is 5.82 Å². The van der Waals surface area contributed by atoms with E-state index < -0.39 is 0 Å². The Bertz CT molecular complexity index is 1630. The highest BCUT2D eigenvalue weighted by Gasteiger charge is 2.22. The van der Waals surface area contributed by atoms with Gasteiger partial charge in [-0.1, -0.05) is 11.1 Å². The number of aromatic nitrogens is 7. The Morgan fingerprint density at radius 1 is 1.11 bits per heavy atom. The third kappa shape index (κ3) is 3.60. The van der Waals surface area contributed by atoms with Crippen molar-refractivity contribution in [2.75, 3.05) is 43.4 Å². The third-order valence-electron chi connectivity index (χ3n) is 6.39. The van der Waals surface area contributed by atoms with Crippen LogP contribution in [-0.4, -0.2) is 71.9 Å². The molecule has 35 heavy (non-hydrogen) atoms. The largest absolute Gasteiger partial charge is 0.368 e. The molecule has 1 saturated heterocycles. The summed E-state index contributed by atoms with van der Waals surface area (Å²) in [5.74, 6) is 5.96. The van der Waals surface area contributed by atoms with E-state index in [0.717, 1.165) is 43.8 Å². The molecule has 0 radical (unpaired) electrons. The molecule has 5 aromatic rings. The first-order valence-corrected chi connectivity index (χ1v) is 11.3. The zero-order valence-electron chi connectivity index (χ0n) is 19.4. The second kappa shape index (κ2) is 8.21. The molecule has 5 heterocycles. The van der Waals surface area contributed by atoms with E-state index in [9.17, 15) is 4.39 Å². The van der Waals surface area contributed by atoms with Gasteiger partial charge in [0.25, 0.3) is 0 Å². The maximum atomic E-state index is 14.7. The van der Waals surface area contributed by atoms with Crippen LogP contribution in [0.5, 0.6) is 0 Å². The summed E-state index contributed by atoms with van der Waals surface area (Å²) in [6, 6.07) is 3.26. The van der Waals surface area contributed by atoms with Gasteiger partial charge in [0.05, 0.1) is 17.7 Å². The van der Waals surface area contributed by atoms with Crippen LogP contribution in [0, 0.1) is 24.6 Å². The molecule has 0 saturated carbocycles. The van der Waals surface area contributed by atoms with Crippen LogP contribution in [0.25, 0.3) is 27.8 Å². The van der Waals surface area contributed by atoms with Crippen molar-refractivity contribution in [3.05, 3.63) is 35.8 Å². The Balaban J connectivity index is 1.16. The summed E-state index contributed by atoms with van der Waals surface area (Å²) in [7, 11) is 0. The Morgan fingerprint density at radius 2 is 1.94 bits per heavy atom. The van der Waals surface area contributed by atoms with Crippen LogP contribution in [0.1, 0.15) is 18.4 Å². The van der Waals surface area contributed by atoms with Crippen molar-refractivity contribution in [2.24, 2.45) is 0 Å². The second-order valence-corrected chi connectivity index (χ2v) is 8.52. The highest BCUT2D eigenvalue weighted by atomic mass is 19.1. The van der Waals surface area contributed by atoms with E-state index in [0.29, 0.717) is 40.5 Å². The van der Waals surface area contributed by atoms with Gasteiger partial charge in [0.15, 0.2) is 22.4 Å². The van der Waals surface area contributed by atoms with Gasteiger partial charge in [-0.15, -0.1) is 5.10 Å². The molecule has 0 amide bonds. The summed E-state index contributed by atoms with van der Waals surface area (Å²) in [5, 5.41) is 9.06. The minimum absolute atomic E-state index is 0.238.